The molecule has 110 valence electrons. The van der Waals surface area contributed by atoms with Gasteiger partial charge in [-0.05, 0) is 48.5 Å². The molecule has 3 rings (SSSR count). The van der Waals surface area contributed by atoms with Crippen molar-refractivity contribution in [2.75, 3.05) is 0 Å². The monoisotopic (exact) mass is 315 g/mol. The van der Waals surface area contributed by atoms with Crippen molar-refractivity contribution < 1.29 is 13.6 Å². The van der Waals surface area contributed by atoms with Crippen molar-refractivity contribution in [1.82, 2.24) is 4.98 Å². The first kappa shape index (κ1) is 14.5. The second-order valence-electron chi connectivity index (χ2n) is 4.68. The summed E-state index contributed by atoms with van der Waals surface area (Å²) < 4.78 is 18.8. The summed E-state index contributed by atoms with van der Waals surface area (Å²) in [5.74, 6) is 0.534. The SMILES string of the molecule is O=CCc1nc(-c2ccc(F)cc2)oc1-c1ccc(Cl)cc1. The Morgan fingerprint density at radius 3 is 2.32 bits per heavy atom. The van der Waals surface area contributed by atoms with Crippen molar-refractivity contribution in [2.45, 2.75) is 6.42 Å². The van der Waals surface area contributed by atoms with Gasteiger partial charge < -0.3 is 9.21 Å². The highest BCUT2D eigenvalue weighted by Gasteiger charge is 2.16. The summed E-state index contributed by atoms with van der Waals surface area (Å²) in [7, 11) is 0. The van der Waals surface area contributed by atoms with E-state index < -0.39 is 0 Å². The van der Waals surface area contributed by atoms with Gasteiger partial charge in [0.05, 0.1) is 5.69 Å². The van der Waals surface area contributed by atoms with E-state index in [1.807, 2.05) is 0 Å². The average molecular weight is 316 g/mol. The van der Waals surface area contributed by atoms with Gasteiger partial charge in [-0.2, -0.15) is 0 Å². The lowest BCUT2D eigenvalue weighted by Gasteiger charge is -1.99. The molecule has 3 aromatic rings. The Kier molecular flexibility index (Phi) is 4.02. The molecule has 0 saturated carbocycles. The standard InChI is InChI=1S/C17H11ClFNO2/c18-13-5-1-11(2-6-13)16-15(9-10-21)20-17(22-16)12-3-7-14(19)8-4-12/h1-8,10H,9H2. The second-order valence-corrected chi connectivity index (χ2v) is 5.12. The van der Waals surface area contributed by atoms with Gasteiger partial charge in [-0.25, -0.2) is 9.37 Å². The summed E-state index contributed by atoms with van der Waals surface area (Å²) in [6, 6.07) is 12.9. The lowest BCUT2D eigenvalue weighted by Crippen LogP contribution is -1.89. The summed E-state index contributed by atoms with van der Waals surface area (Å²) in [6.07, 6.45) is 0.911. The molecule has 3 nitrogen and oxygen atoms in total. The quantitative estimate of drug-likeness (QED) is 0.664. The van der Waals surface area contributed by atoms with Gasteiger partial charge in [0.2, 0.25) is 5.89 Å². The van der Waals surface area contributed by atoms with Gasteiger partial charge in [0.15, 0.2) is 5.76 Å². The van der Waals surface area contributed by atoms with Crippen LogP contribution in [0.3, 0.4) is 0 Å². The Morgan fingerprint density at radius 2 is 1.68 bits per heavy atom. The maximum Gasteiger partial charge on any atom is 0.227 e. The smallest absolute Gasteiger partial charge is 0.227 e. The third-order valence-electron chi connectivity index (χ3n) is 3.17. The van der Waals surface area contributed by atoms with Crippen LogP contribution in [0.25, 0.3) is 22.8 Å². The minimum absolute atomic E-state index is 0.142. The van der Waals surface area contributed by atoms with E-state index in [1.165, 1.54) is 12.1 Å². The second kappa shape index (κ2) is 6.12. The molecule has 0 amide bonds. The van der Waals surface area contributed by atoms with Crippen LogP contribution in [0, 0.1) is 5.82 Å². The zero-order valence-electron chi connectivity index (χ0n) is 11.4. The van der Waals surface area contributed by atoms with E-state index in [2.05, 4.69) is 4.98 Å². The molecule has 0 aliphatic heterocycles. The van der Waals surface area contributed by atoms with Crippen LogP contribution in [-0.2, 0) is 11.2 Å². The molecule has 5 heteroatoms. The van der Waals surface area contributed by atoms with Gasteiger partial charge >= 0.3 is 0 Å². The number of carbonyl (C=O) groups is 1. The van der Waals surface area contributed by atoms with Crippen LogP contribution in [0.15, 0.2) is 52.9 Å². The Bertz CT molecular complexity index is 795. The summed E-state index contributed by atoms with van der Waals surface area (Å²) in [5.41, 5.74) is 1.97. The number of hydrogen-bond acceptors (Lipinski definition) is 3. The van der Waals surface area contributed by atoms with Crippen molar-refractivity contribution >= 4 is 17.9 Å². The van der Waals surface area contributed by atoms with Crippen LogP contribution in [0.1, 0.15) is 5.69 Å². The largest absolute Gasteiger partial charge is 0.436 e. The molecular weight excluding hydrogens is 305 g/mol. The van der Waals surface area contributed by atoms with Crippen LogP contribution in [-0.4, -0.2) is 11.3 Å². The fourth-order valence-corrected chi connectivity index (χ4v) is 2.24. The normalized spacial score (nSPS) is 10.6. The van der Waals surface area contributed by atoms with Crippen molar-refractivity contribution in [3.05, 3.63) is 65.1 Å². The molecule has 22 heavy (non-hydrogen) atoms. The number of benzene rings is 2. The van der Waals surface area contributed by atoms with Gasteiger partial charge in [0, 0.05) is 22.6 Å². The zero-order valence-corrected chi connectivity index (χ0v) is 12.2. The van der Waals surface area contributed by atoms with E-state index in [0.29, 0.717) is 27.9 Å². The van der Waals surface area contributed by atoms with Gasteiger partial charge in [0.25, 0.3) is 0 Å². The van der Waals surface area contributed by atoms with Gasteiger partial charge in [0.1, 0.15) is 12.1 Å². The Labute approximate surface area is 131 Å². The molecule has 2 aromatic carbocycles. The molecule has 0 aliphatic rings. The van der Waals surface area contributed by atoms with Crippen molar-refractivity contribution in [1.29, 1.82) is 0 Å². The highest BCUT2D eigenvalue weighted by atomic mass is 35.5. The number of rotatable bonds is 4. The Morgan fingerprint density at radius 1 is 1.05 bits per heavy atom. The molecule has 0 spiro atoms. The van der Waals surface area contributed by atoms with Crippen molar-refractivity contribution in [3.8, 4) is 22.8 Å². The van der Waals surface area contributed by atoms with E-state index in [9.17, 15) is 9.18 Å². The topological polar surface area (TPSA) is 43.1 Å². The number of nitrogens with zero attached hydrogens (tertiary/aromatic N) is 1. The van der Waals surface area contributed by atoms with Crippen molar-refractivity contribution in [3.63, 3.8) is 0 Å². The lowest BCUT2D eigenvalue weighted by molar-refractivity contribution is -0.107. The van der Waals surface area contributed by atoms with E-state index in [-0.39, 0.29) is 12.2 Å². The zero-order chi connectivity index (χ0) is 15.5. The van der Waals surface area contributed by atoms with Crippen LogP contribution in [0.4, 0.5) is 4.39 Å². The molecule has 0 saturated heterocycles. The summed E-state index contributed by atoms with van der Waals surface area (Å²) in [4.78, 5) is 15.2. The molecule has 0 bridgehead atoms. The van der Waals surface area contributed by atoms with E-state index in [0.717, 1.165) is 11.8 Å². The first-order chi connectivity index (χ1) is 10.7. The van der Waals surface area contributed by atoms with Crippen LogP contribution in [0.2, 0.25) is 5.02 Å². The minimum atomic E-state index is -0.332. The molecular formula is C17H11ClFNO2. The minimum Gasteiger partial charge on any atom is -0.436 e. The number of hydrogen-bond donors (Lipinski definition) is 0. The molecule has 0 radical (unpaired) electrons. The Balaban J connectivity index is 2.07. The summed E-state index contributed by atoms with van der Waals surface area (Å²) in [6.45, 7) is 0. The third kappa shape index (κ3) is 2.92. The van der Waals surface area contributed by atoms with E-state index in [1.54, 1.807) is 36.4 Å². The number of aldehydes is 1. The van der Waals surface area contributed by atoms with Crippen LogP contribution in [0.5, 0.6) is 0 Å². The fraction of sp³-hybridized carbons (Fsp3) is 0.0588. The molecule has 0 atom stereocenters. The third-order valence-corrected chi connectivity index (χ3v) is 3.42. The van der Waals surface area contributed by atoms with E-state index in [4.69, 9.17) is 16.0 Å². The maximum atomic E-state index is 13.0. The van der Waals surface area contributed by atoms with Crippen molar-refractivity contribution in [2.24, 2.45) is 0 Å². The number of aromatic nitrogens is 1. The summed E-state index contributed by atoms with van der Waals surface area (Å²) in [5, 5.41) is 0.610. The molecule has 0 fully saturated rings. The Hall–Kier alpha value is -2.46. The first-order valence-electron chi connectivity index (χ1n) is 6.62. The maximum absolute atomic E-state index is 13.0. The predicted molar refractivity (Wildman–Crippen MR) is 82.1 cm³/mol. The predicted octanol–water partition coefficient (Wildman–Crippen LogP) is 4.54. The van der Waals surface area contributed by atoms with E-state index >= 15 is 0 Å². The molecule has 0 unspecified atom stereocenters. The molecule has 0 N–H and O–H groups in total. The lowest BCUT2D eigenvalue weighted by atomic mass is 10.1. The van der Waals surface area contributed by atoms with Crippen LogP contribution >= 0.6 is 11.6 Å². The van der Waals surface area contributed by atoms with Gasteiger partial charge in [-0.3, -0.25) is 0 Å². The van der Waals surface area contributed by atoms with Gasteiger partial charge in [-0.1, -0.05) is 11.6 Å². The number of oxazole rings is 1. The highest BCUT2D eigenvalue weighted by molar-refractivity contribution is 6.30. The first-order valence-corrected chi connectivity index (χ1v) is 7.00. The molecule has 0 aliphatic carbocycles. The van der Waals surface area contributed by atoms with Crippen LogP contribution < -0.4 is 0 Å². The highest BCUT2D eigenvalue weighted by Crippen LogP contribution is 2.30. The summed E-state index contributed by atoms with van der Waals surface area (Å²) >= 11 is 5.88. The fourth-order valence-electron chi connectivity index (χ4n) is 2.11. The number of carbonyl (C=O) groups excluding carboxylic acids is 1. The van der Waals surface area contributed by atoms with Gasteiger partial charge in [-0.15, -0.1) is 0 Å². The number of halogens is 2. The molecule has 1 aromatic heterocycles. The molecule has 1 heterocycles. The average Bonchev–Trinajstić information content (AvgIpc) is 2.93.